The third kappa shape index (κ3) is 2.51. The number of nitrogens with zero attached hydrogens (tertiary/aromatic N) is 2. The zero-order valence-corrected chi connectivity index (χ0v) is 13.8. The predicted molar refractivity (Wildman–Crippen MR) is 93.3 cm³/mol. The van der Waals surface area contributed by atoms with Crippen molar-refractivity contribution in [2.75, 3.05) is 5.32 Å². The van der Waals surface area contributed by atoms with Crippen molar-refractivity contribution in [1.82, 2.24) is 4.90 Å². The summed E-state index contributed by atoms with van der Waals surface area (Å²) in [6.45, 7) is 1.44. The average molecular weight is 329 g/mol. The molecule has 0 bridgehead atoms. The highest BCUT2D eigenvalue weighted by Crippen LogP contribution is 2.44. The van der Waals surface area contributed by atoms with Crippen LogP contribution in [0.25, 0.3) is 5.70 Å². The zero-order valence-electron chi connectivity index (χ0n) is 13.0. The van der Waals surface area contributed by atoms with Crippen molar-refractivity contribution in [2.45, 2.75) is 44.7 Å². The fourth-order valence-corrected chi connectivity index (χ4v) is 4.63. The summed E-state index contributed by atoms with van der Waals surface area (Å²) in [4.78, 5) is 18.5. The summed E-state index contributed by atoms with van der Waals surface area (Å²) in [6.07, 6.45) is 4.87. The minimum atomic E-state index is -0.192. The summed E-state index contributed by atoms with van der Waals surface area (Å²) in [5.74, 6) is -0.107. The molecule has 5 nitrogen and oxygen atoms in total. The Balaban J connectivity index is 1.66. The van der Waals surface area contributed by atoms with E-state index in [4.69, 9.17) is 4.99 Å². The minimum absolute atomic E-state index is 0.0843. The molecule has 1 amide bonds. The first-order valence-corrected chi connectivity index (χ1v) is 8.86. The lowest BCUT2D eigenvalue weighted by molar-refractivity contribution is -0.114. The topological polar surface area (TPSA) is 64.9 Å². The number of thioether (sulfide) groups is 1. The van der Waals surface area contributed by atoms with Crippen molar-refractivity contribution in [3.05, 3.63) is 29.2 Å². The van der Waals surface area contributed by atoms with Crippen LogP contribution in [0, 0.1) is 0 Å². The van der Waals surface area contributed by atoms with E-state index in [9.17, 15) is 9.90 Å². The molecule has 120 valence electrons. The van der Waals surface area contributed by atoms with Gasteiger partial charge in [-0.05, 0) is 31.0 Å². The summed E-state index contributed by atoms with van der Waals surface area (Å²) >= 11 is 1.67. The van der Waals surface area contributed by atoms with Crippen molar-refractivity contribution in [1.29, 1.82) is 0 Å². The van der Waals surface area contributed by atoms with Gasteiger partial charge in [-0.25, -0.2) is 0 Å². The van der Waals surface area contributed by atoms with Crippen LogP contribution < -0.4 is 5.32 Å². The number of hydrogen-bond donors (Lipinski definition) is 2. The predicted octanol–water partition coefficient (Wildman–Crippen LogP) is 3.38. The lowest BCUT2D eigenvalue weighted by Crippen LogP contribution is -2.38. The normalized spacial score (nSPS) is 25.5. The highest BCUT2D eigenvalue weighted by atomic mass is 32.2. The van der Waals surface area contributed by atoms with Gasteiger partial charge in [0.2, 0.25) is 5.91 Å². The van der Waals surface area contributed by atoms with Gasteiger partial charge >= 0.3 is 0 Å². The Bertz CT molecular complexity index is 729. The number of phenols is 1. The minimum Gasteiger partial charge on any atom is -0.506 e. The van der Waals surface area contributed by atoms with E-state index in [2.05, 4.69) is 15.6 Å². The average Bonchev–Trinajstić information content (AvgIpc) is 3.08. The lowest BCUT2D eigenvalue weighted by Gasteiger charge is -2.32. The van der Waals surface area contributed by atoms with Gasteiger partial charge in [-0.3, -0.25) is 9.79 Å². The summed E-state index contributed by atoms with van der Waals surface area (Å²) in [5, 5.41) is 15.8. The second-order valence-electron chi connectivity index (χ2n) is 6.23. The molecular formula is C17H19N3O2S. The Labute approximate surface area is 139 Å². The number of hydrogen-bond acceptors (Lipinski definition) is 5. The Kier molecular flexibility index (Phi) is 3.56. The molecule has 6 heteroatoms. The maximum absolute atomic E-state index is 11.3. The zero-order chi connectivity index (χ0) is 16.0. The van der Waals surface area contributed by atoms with Crippen LogP contribution in [-0.4, -0.2) is 33.2 Å². The number of nitrogens with one attached hydrogen (secondary N) is 1. The Hall–Kier alpha value is -1.95. The number of fused-ring (bicyclic) bond motifs is 3. The van der Waals surface area contributed by atoms with Crippen molar-refractivity contribution in [3.63, 3.8) is 0 Å². The molecule has 0 spiro atoms. The number of carbonyl (C=O) groups is 1. The molecule has 1 saturated carbocycles. The van der Waals surface area contributed by atoms with Crippen molar-refractivity contribution >= 4 is 34.2 Å². The summed E-state index contributed by atoms with van der Waals surface area (Å²) in [6, 6.07) is 6.24. The van der Waals surface area contributed by atoms with Crippen molar-refractivity contribution < 1.29 is 9.90 Å². The Morgan fingerprint density at radius 2 is 2.22 bits per heavy atom. The van der Waals surface area contributed by atoms with Crippen LogP contribution in [0.1, 0.15) is 38.2 Å². The van der Waals surface area contributed by atoms with Gasteiger partial charge in [0.05, 0.1) is 23.5 Å². The van der Waals surface area contributed by atoms with Gasteiger partial charge in [-0.1, -0.05) is 24.6 Å². The van der Waals surface area contributed by atoms with E-state index in [-0.39, 0.29) is 11.7 Å². The number of carbonyl (C=O) groups excluding carboxylic acids is 1. The van der Waals surface area contributed by atoms with E-state index in [1.807, 2.05) is 12.1 Å². The molecule has 2 heterocycles. The number of amidine groups is 1. The maximum Gasteiger partial charge on any atom is 0.221 e. The quantitative estimate of drug-likeness (QED) is 0.817. The lowest BCUT2D eigenvalue weighted by atomic mass is 9.90. The molecule has 1 aliphatic carbocycles. The third-order valence-electron chi connectivity index (χ3n) is 4.65. The van der Waals surface area contributed by atoms with Crippen molar-refractivity contribution in [3.8, 4) is 5.75 Å². The molecule has 3 aliphatic rings. The summed E-state index contributed by atoms with van der Waals surface area (Å²) < 4.78 is 0. The van der Waals surface area contributed by atoms with Crippen LogP contribution in [0.15, 0.2) is 28.6 Å². The molecule has 0 aromatic heterocycles. The van der Waals surface area contributed by atoms with Gasteiger partial charge in [0.25, 0.3) is 0 Å². The molecule has 0 saturated heterocycles. The van der Waals surface area contributed by atoms with Gasteiger partial charge in [-0.15, -0.1) is 0 Å². The second-order valence-corrected chi connectivity index (χ2v) is 7.07. The first-order valence-electron chi connectivity index (χ1n) is 7.98. The number of aliphatic imine (C=N–C) groups is 1. The number of rotatable bonds is 2. The molecule has 2 aliphatic heterocycles. The van der Waals surface area contributed by atoms with Gasteiger partial charge in [-0.2, -0.15) is 0 Å². The van der Waals surface area contributed by atoms with E-state index in [0.29, 0.717) is 17.8 Å². The molecule has 0 radical (unpaired) electrons. The first-order chi connectivity index (χ1) is 11.1. The van der Waals surface area contributed by atoms with E-state index < -0.39 is 0 Å². The van der Waals surface area contributed by atoms with Crippen LogP contribution >= 0.6 is 11.8 Å². The van der Waals surface area contributed by atoms with Crippen LogP contribution in [0.5, 0.6) is 5.75 Å². The molecule has 1 aromatic carbocycles. The van der Waals surface area contributed by atoms with Gasteiger partial charge in [0, 0.05) is 17.9 Å². The van der Waals surface area contributed by atoms with Crippen LogP contribution in [0.3, 0.4) is 0 Å². The van der Waals surface area contributed by atoms with E-state index in [1.165, 1.54) is 32.6 Å². The highest BCUT2D eigenvalue weighted by Gasteiger charge is 2.42. The number of amides is 1. The summed E-state index contributed by atoms with van der Waals surface area (Å²) in [5.41, 5.74) is 2.57. The molecule has 23 heavy (non-hydrogen) atoms. The van der Waals surface area contributed by atoms with E-state index in [0.717, 1.165) is 16.4 Å². The molecular weight excluding hydrogens is 310 g/mol. The largest absolute Gasteiger partial charge is 0.506 e. The fraction of sp³-hybridized carbons (Fsp3) is 0.412. The van der Waals surface area contributed by atoms with Crippen LogP contribution in [-0.2, 0) is 4.79 Å². The second kappa shape index (κ2) is 5.60. The first kappa shape index (κ1) is 14.6. The number of anilines is 1. The number of benzene rings is 1. The molecule has 0 unspecified atom stereocenters. The molecule has 2 N–H and O–H groups in total. The Morgan fingerprint density at radius 3 is 3.04 bits per heavy atom. The Morgan fingerprint density at radius 1 is 1.39 bits per heavy atom. The van der Waals surface area contributed by atoms with E-state index >= 15 is 0 Å². The molecule has 2 atom stereocenters. The molecule has 4 rings (SSSR count). The SMILES string of the molecule is CC(=O)Nc1cc(C2=CSC3=N[C@@H]4CCCC[C@H]4N23)ccc1O. The maximum atomic E-state index is 11.3. The summed E-state index contributed by atoms with van der Waals surface area (Å²) in [7, 11) is 0. The molecule has 1 aromatic rings. The van der Waals surface area contributed by atoms with Gasteiger partial charge in [0.15, 0.2) is 5.17 Å². The van der Waals surface area contributed by atoms with Gasteiger partial charge < -0.3 is 15.3 Å². The third-order valence-corrected chi connectivity index (χ3v) is 5.50. The molecule has 1 fully saturated rings. The van der Waals surface area contributed by atoms with Crippen molar-refractivity contribution in [2.24, 2.45) is 4.99 Å². The van der Waals surface area contributed by atoms with Crippen LogP contribution in [0.2, 0.25) is 0 Å². The van der Waals surface area contributed by atoms with Crippen LogP contribution in [0.4, 0.5) is 5.69 Å². The number of phenolic OH excluding ortho intramolecular Hbond substituents is 1. The monoisotopic (exact) mass is 329 g/mol. The van der Waals surface area contributed by atoms with Gasteiger partial charge in [0.1, 0.15) is 5.75 Å². The number of aromatic hydroxyl groups is 1. The van der Waals surface area contributed by atoms with E-state index in [1.54, 1.807) is 17.8 Å². The standard InChI is InChI=1S/C17H19N3O2S/c1-10(21)18-13-8-11(6-7-16(13)22)15-9-23-17-19-12-4-2-3-5-14(12)20(15)17/h6-9,12,14,22H,2-5H2,1H3,(H,18,21)/t12-,14-/m1/s1. The smallest absolute Gasteiger partial charge is 0.221 e. The fourth-order valence-electron chi connectivity index (χ4n) is 3.62. The highest BCUT2D eigenvalue weighted by molar-refractivity contribution is 8.16.